The number of anilines is 1. The molecule has 0 aliphatic heterocycles. The summed E-state index contributed by atoms with van der Waals surface area (Å²) >= 11 is 0. The number of nitrogen functional groups attached to an aromatic ring is 1. The lowest BCUT2D eigenvalue weighted by atomic mass is 9.89. The van der Waals surface area contributed by atoms with Gasteiger partial charge in [0.1, 0.15) is 0 Å². The van der Waals surface area contributed by atoms with Gasteiger partial charge in [-0.05, 0) is 37.5 Å². The lowest BCUT2D eigenvalue weighted by Crippen LogP contribution is -2.29. The average Bonchev–Trinajstić information content (AvgIpc) is 2.46. The van der Waals surface area contributed by atoms with Crippen LogP contribution in [0.3, 0.4) is 0 Å². The maximum atomic E-state index is 11.9. The molecule has 1 aliphatic rings. The van der Waals surface area contributed by atoms with Gasteiger partial charge in [0, 0.05) is 11.6 Å². The predicted octanol–water partition coefficient (Wildman–Crippen LogP) is 2.69. The van der Waals surface area contributed by atoms with E-state index in [9.17, 15) is 4.79 Å². The van der Waals surface area contributed by atoms with Crippen molar-refractivity contribution in [3.8, 4) is 0 Å². The number of rotatable bonds is 3. The summed E-state index contributed by atoms with van der Waals surface area (Å²) in [5.74, 6) is 0.186. The molecule has 0 saturated heterocycles. The molecule has 1 aromatic carbocycles. The molecule has 0 bridgehead atoms. The van der Waals surface area contributed by atoms with Crippen molar-refractivity contribution in [2.24, 2.45) is 11.0 Å². The third kappa shape index (κ3) is 3.81. The lowest BCUT2D eigenvalue weighted by Gasteiger charge is -2.19. The van der Waals surface area contributed by atoms with E-state index in [1.165, 1.54) is 6.42 Å². The Morgan fingerprint density at radius 3 is 2.47 bits per heavy atom. The van der Waals surface area contributed by atoms with E-state index in [-0.39, 0.29) is 11.8 Å². The molecule has 1 amide bonds. The van der Waals surface area contributed by atoms with Crippen molar-refractivity contribution in [3.05, 3.63) is 29.8 Å². The number of nitrogens with one attached hydrogen (secondary N) is 1. The van der Waals surface area contributed by atoms with Crippen molar-refractivity contribution >= 4 is 17.3 Å². The number of hydrazone groups is 1. The van der Waals surface area contributed by atoms with Crippen LogP contribution in [0.15, 0.2) is 29.4 Å². The standard InChI is InChI=1S/C15H21N3O/c1-11(12-7-9-14(16)10-8-12)17-18-15(19)13-5-3-2-4-6-13/h7-10,13H,2-6,16H2,1H3,(H,18,19). The molecule has 1 saturated carbocycles. The topological polar surface area (TPSA) is 67.5 Å². The SMILES string of the molecule is CC(=NNC(=O)C1CCCCC1)c1ccc(N)cc1. The van der Waals surface area contributed by atoms with Crippen molar-refractivity contribution in [2.75, 3.05) is 5.73 Å². The Bertz CT molecular complexity index is 459. The molecule has 1 aliphatic carbocycles. The van der Waals surface area contributed by atoms with Gasteiger partial charge >= 0.3 is 0 Å². The highest BCUT2D eigenvalue weighted by Crippen LogP contribution is 2.23. The average molecular weight is 259 g/mol. The lowest BCUT2D eigenvalue weighted by molar-refractivity contribution is -0.125. The minimum atomic E-state index is 0.0505. The molecule has 4 nitrogen and oxygen atoms in total. The van der Waals surface area contributed by atoms with Crippen LogP contribution in [0, 0.1) is 5.92 Å². The van der Waals surface area contributed by atoms with Crippen LogP contribution in [-0.4, -0.2) is 11.6 Å². The third-order valence-electron chi connectivity index (χ3n) is 3.64. The first kappa shape index (κ1) is 13.6. The Labute approximate surface area is 114 Å². The Morgan fingerprint density at radius 1 is 1.21 bits per heavy atom. The first-order valence-corrected chi connectivity index (χ1v) is 6.87. The van der Waals surface area contributed by atoms with E-state index in [1.54, 1.807) is 0 Å². The molecule has 0 radical (unpaired) electrons. The quantitative estimate of drug-likeness (QED) is 0.498. The summed E-state index contributed by atoms with van der Waals surface area (Å²) in [5.41, 5.74) is 10.8. The maximum absolute atomic E-state index is 11.9. The maximum Gasteiger partial charge on any atom is 0.243 e. The van der Waals surface area contributed by atoms with Crippen LogP contribution in [0.4, 0.5) is 5.69 Å². The van der Waals surface area contributed by atoms with E-state index in [1.807, 2.05) is 31.2 Å². The van der Waals surface area contributed by atoms with Gasteiger partial charge in [-0.1, -0.05) is 31.4 Å². The summed E-state index contributed by atoms with van der Waals surface area (Å²) in [4.78, 5) is 11.9. The molecule has 0 spiro atoms. The summed E-state index contributed by atoms with van der Waals surface area (Å²) in [6, 6.07) is 7.47. The fraction of sp³-hybridized carbons (Fsp3) is 0.467. The molecule has 0 unspecified atom stereocenters. The van der Waals surface area contributed by atoms with Gasteiger partial charge in [0.05, 0.1) is 5.71 Å². The fourth-order valence-corrected chi connectivity index (χ4v) is 2.38. The zero-order valence-electron chi connectivity index (χ0n) is 11.4. The van der Waals surface area contributed by atoms with Crippen LogP contribution >= 0.6 is 0 Å². The Balaban J connectivity index is 1.93. The van der Waals surface area contributed by atoms with E-state index >= 15 is 0 Å². The molecule has 102 valence electrons. The van der Waals surface area contributed by atoms with Gasteiger partial charge in [0.15, 0.2) is 0 Å². The van der Waals surface area contributed by atoms with Gasteiger partial charge in [-0.3, -0.25) is 4.79 Å². The molecule has 2 rings (SSSR count). The van der Waals surface area contributed by atoms with E-state index in [2.05, 4.69) is 10.5 Å². The summed E-state index contributed by atoms with van der Waals surface area (Å²) < 4.78 is 0. The minimum Gasteiger partial charge on any atom is -0.399 e. The Kier molecular flexibility index (Phi) is 4.55. The van der Waals surface area contributed by atoms with Crippen molar-refractivity contribution in [1.82, 2.24) is 5.43 Å². The molecule has 0 atom stereocenters. The van der Waals surface area contributed by atoms with Crippen LogP contribution in [0.1, 0.15) is 44.6 Å². The molecule has 0 aromatic heterocycles. The second kappa shape index (κ2) is 6.36. The smallest absolute Gasteiger partial charge is 0.243 e. The number of hydrogen-bond donors (Lipinski definition) is 2. The highest BCUT2D eigenvalue weighted by molar-refractivity contribution is 5.99. The van der Waals surface area contributed by atoms with Gasteiger partial charge in [0.25, 0.3) is 0 Å². The first-order valence-electron chi connectivity index (χ1n) is 6.87. The van der Waals surface area contributed by atoms with Crippen molar-refractivity contribution in [1.29, 1.82) is 0 Å². The normalized spacial score (nSPS) is 17.2. The van der Waals surface area contributed by atoms with Gasteiger partial charge in [0.2, 0.25) is 5.91 Å². The Hall–Kier alpha value is -1.84. The van der Waals surface area contributed by atoms with Crippen LogP contribution < -0.4 is 11.2 Å². The van der Waals surface area contributed by atoms with E-state index in [0.717, 1.165) is 42.6 Å². The van der Waals surface area contributed by atoms with Gasteiger partial charge < -0.3 is 5.73 Å². The number of hydrogen-bond acceptors (Lipinski definition) is 3. The van der Waals surface area contributed by atoms with Crippen molar-refractivity contribution < 1.29 is 4.79 Å². The largest absolute Gasteiger partial charge is 0.399 e. The van der Waals surface area contributed by atoms with E-state index < -0.39 is 0 Å². The van der Waals surface area contributed by atoms with Gasteiger partial charge in [-0.2, -0.15) is 5.10 Å². The minimum absolute atomic E-state index is 0.0505. The highest BCUT2D eigenvalue weighted by Gasteiger charge is 2.20. The second-order valence-electron chi connectivity index (χ2n) is 5.13. The summed E-state index contributed by atoms with van der Waals surface area (Å²) in [6.07, 6.45) is 5.53. The van der Waals surface area contributed by atoms with Crippen LogP contribution in [0.25, 0.3) is 0 Å². The zero-order valence-corrected chi connectivity index (χ0v) is 11.4. The number of nitrogens with two attached hydrogens (primary N) is 1. The van der Waals surface area contributed by atoms with Gasteiger partial charge in [-0.25, -0.2) is 5.43 Å². The molecule has 0 heterocycles. The third-order valence-corrected chi connectivity index (χ3v) is 3.64. The molecular formula is C15H21N3O. The molecule has 3 N–H and O–H groups in total. The second-order valence-corrected chi connectivity index (χ2v) is 5.13. The molecule has 1 aromatic rings. The van der Waals surface area contributed by atoms with Gasteiger partial charge in [-0.15, -0.1) is 0 Å². The number of carbonyl (C=O) groups excluding carboxylic acids is 1. The van der Waals surface area contributed by atoms with Crippen molar-refractivity contribution in [2.45, 2.75) is 39.0 Å². The first-order chi connectivity index (χ1) is 9.16. The molecule has 4 heteroatoms. The van der Waals surface area contributed by atoms with E-state index in [0.29, 0.717) is 0 Å². The van der Waals surface area contributed by atoms with Crippen LogP contribution in [-0.2, 0) is 4.79 Å². The Morgan fingerprint density at radius 2 is 1.84 bits per heavy atom. The number of amides is 1. The summed E-state index contributed by atoms with van der Waals surface area (Å²) in [7, 11) is 0. The summed E-state index contributed by atoms with van der Waals surface area (Å²) in [5, 5.41) is 4.18. The number of carbonyl (C=O) groups is 1. The zero-order chi connectivity index (χ0) is 13.7. The monoisotopic (exact) mass is 259 g/mol. The molecule has 19 heavy (non-hydrogen) atoms. The van der Waals surface area contributed by atoms with Crippen LogP contribution in [0.2, 0.25) is 0 Å². The highest BCUT2D eigenvalue weighted by atomic mass is 16.2. The number of nitrogens with zero attached hydrogens (tertiary/aromatic N) is 1. The predicted molar refractivity (Wildman–Crippen MR) is 77.8 cm³/mol. The van der Waals surface area contributed by atoms with Crippen molar-refractivity contribution in [3.63, 3.8) is 0 Å². The fourth-order valence-electron chi connectivity index (χ4n) is 2.38. The summed E-state index contributed by atoms with van der Waals surface area (Å²) in [6.45, 7) is 1.88. The molecule has 1 fully saturated rings. The van der Waals surface area contributed by atoms with Crippen LogP contribution in [0.5, 0.6) is 0 Å². The number of benzene rings is 1. The molecular weight excluding hydrogens is 238 g/mol. The van der Waals surface area contributed by atoms with E-state index in [4.69, 9.17) is 5.73 Å².